The second-order valence-corrected chi connectivity index (χ2v) is 6.70. The van der Waals surface area contributed by atoms with E-state index in [0.29, 0.717) is 12.1 Å². The molecule has 0 aromatic heterocycles. The smallest absolute Gasteiger partial charge is 0.0941 e. The quantitative estimate of drug-likeness (QED) is 0.762. The zero-order valence-corrected chi connectivity index (χ0v) is 11.2. The number of nitrogens with zero attached hydrogens (tertiary/aromatic N) is 1. The average Bonchev–Trinajstić information content (AvgIpc) is 3.06. The molecule has 3 heteroatoms. The fraction of sp³-hybridized carbons (Fsp3) is 1.00. The molecule has 2 saturated heterocycles. The molecule has 1 saturated carbocycles. The number of piperidine rings is 1. The van der Waals surface area contributed by atoms with Crippen LogP contribution >= 0.6 is 0 Å². The molecule has 0 aromatic rings. The SMILES string of the molecule is CC1CCNC(C2(O)CC(C)N(C3CC3)C2)C1. The van der Waals surface area contributed by atoms with Crippen LogP contribution in [0.1, 0.15) is 46.0 Å². The molecule has 2 heterocycles. The summed E-state index contributed by atoms with van der Waals surface area (Å²) >= 11 is 0. The molecule has 0 radical (unpaired) electrons. The normalized spacial score (nSPS) is 48.5. The number of hydrogen-bond donors (Lipinski definition) is 2. The van der Waals surface area contributed by atoms with E-state index in [1.54, 1.807) is 0 Å². The van der Waals surface area contributed by atoms with E-state index in [4.69, 9.17) is 0 Å². The monoisotopic (exact) mass is 238 g/mol. The summed E-state index contributed by atoms with van der Waals surface area (Å²) in [7, 11) is 0. The second-order valence-electron chi connectivity index (χ2n) is 6.70. The molecule has 17 heavy (non-hydrogen) atoms. The Hall–Kier alpha value is -0.120. The highest BCUT2D eigenvalue weighted by molar-refractivity contribution is 5.06. The van der Waals surface area contributed by atoms with Crippen molar-refractivity contribution in [1.29, 1.82) is 0 Å². The fourth-order valence-electron chi connectivity index (χ4n) is 3.83. The van der Waals surface area contributed by atoms with Gasteiger partial charge in [-0.05, 0) is 51.5 Å². The third-order valence-corrected chi connectivity index (χ3v) is 5.00. The minimum absolute atomic E-state index is 0.317. The van der Waals surface area contributed by atoms with Crippen molar-refractivity contribution in [1.82, 2.24) is 10.2 Å². The highest BCUT2D eigenvalue weighted by Gasteiger charge is 2.50. The molecule has 2 N–H and O–H groups in total. The van der Waals surface area contributed by atoms with Crippen LogP contribution in [-0.4, -0.2) is 46.8 Å². The van der Waals surface area contributed by atoms with Gasteiger partial charge in [0.25, 0.3) is 0 Å². The first kappa shape index (κ1) is 11.9. The number of likely N-dealkylation sites (tertiary alicyclic amines) is 1. The number of β-amino-alcohol motifs (C(OH)–C–C–N with tert-alkyl or cyclic N) is 1. The molecule has 3 aliphatic rings. The van der Waals surface area contributed by atoms with Crippen LogP contribution in [-0.2, 0) is 0 Å². The van der Waals surface area contributed by atoms with E-state index < -0.39 is 5.60 Å². The van der Waals surface area contributed by atoms with Crippen LogP contribution in [0.4, 0.5) is 0 Å². The average molecular weight is 238 g/mol. The molecule has 0 aromatic carbocycles. The Morgan fingerprint density at radius 1 is 1.24 bits per heavy atom. The Balaban J connectivity index is 1.68. The zero-order valence-electron chi connectivity index (χ0n) is 11.2. The van der Waals surface area contributed by atoms with Crippen molar-refractivity contribution in [3.05, 3.63) is 0 Å². The molecule has 3 fully saturated rings. The van der Waals surface area contributed by atoms with Crippen LogP contribution in [0.25, 0.3) is 0 Å². The molecule has 3 rings (SSSR count). The number of aliphatic hydroxyl groups is 1. The summed E-state index contributed by atoms with van der Waals surface area (Å²) < 4.78 is 0. The van der Waals surface area contributed by atoms with E-state index in [9.17, 15) is 5.11 Å². The Morgan fingerprint density at radius 2 is 2.00 bits per heavy atom. The van der Waals surface area contributed by atoms with E-state index in [1.807, 2.05) is 0 Å². The summed E-state index contributed by atoms with van der Waals surface area (Å²) in [5.74, 6) is 0.760. The van der Waals surface area contributed by atoms with Crippen molar-refractivity contribution >= 4 is 0 Å². The predicted octanol–water partition coefficient (Wildman–Crippen LogP) is 1.36. The number of nitrogens with one attached hydrogen (secondary N) is 1. The van der Waals surface area contributed by atoms with E-state index in [2.05, 4.69) is 24.1 Å². The number of hydrogen-bond acceptors (Lipinski definition) is 3. The van der Waals surface area contributed by atoms with E-state index in [-0.39, 0.29) is 0 Å². The van der Waals surface area contributed by atoms with E-state index in [1.165, 1.54) is 19.3 Å². The summed E-state index contributed by atoms with van der Waals surface area (Å²) in [6.07, 6.45) is 6.04. The standard InChI is InChI=1S/C14H26N2O/c1-10-5-6-15-13(7-10)14(17)8-11(2)16(9-14)12-3-4-12/h10-13,15,17H,3-9H2,1-2H3. The lowest BCUT2D eigenvalue weighted by Crippen LogP contribution is -2.55. The summed E-state index contributed by atoms with van der Waals surface area (Å²) in [5, 5.41) is 14.5. The molecule has 98 valence electrons. The van der Waals surface area contributed by atoms with Gasteiger partial charge in [-0.2, -0.15) is 0 Å². The molecular formula is C14H26N2O. The van der Waals surface area contributed by atoms with Crippen LogP contribution < -0.4 is 5.32 Å². The molecule has 0 amide bonds. The highest BCUT2D eigenvalue weighted by atomic mass is 16.3. The summed E-state index contributed by atoms with van der Waals surface area (Å²) in [6.45, 7) is 6.56. The maximum Gasteiger partial charge on any atom is 0.0941 e. The fourth-order valence-corrected chi connectivity index (χ4v) is 3.83. The lowest BCUT2D eigenvalue weighted by Gasteiger charge is -2.38. The third kappa shape index (κ3) is 2.25. The Bertz CT molecular complexity index is 292. The van der Waals surface area contributed by atoms with Crippen LogP contribution in [0.15, 0.2) is 0 Å². The lowest BCUT2D eigenvalue weighted by atomic mass is 9.82. The lowest BCUT2D eigenvalue weighted by molar-refractivity contribution is -0.00530. The van der Waals surface area contributed by atoms with Gasteiger partial charge in [0, 0.05) is 24.7 Å². The van der Waals surface area contributed by atoms with Crippen LogP contribution in [0.5, 0.6) is 0 Å². The Kier molecular flexibility index (Phi) is 2.96. The van der Waals surface area contributed by atoms with Crippen molar-refractivity contribution in [3.63, 3.8) is 0 Å². The molecule has 2 aliphatic heterocycles. The summed E-state index contributed by atoms with van der Waals surface area (Å²) in [6, 6.07) is 1.66. The van der Waals surface area contributed by atoms with Gasteiger partial charge in [-0.1, -0.05) is 6.92 Å². The molecular weight excluding hydrogens is 212 g/mol. The molecule has 0 bridgehead atoms. The van der Waals surface area contributed by atoms with Gasteiger partial charge in [0.1, 0.15) is 0 Å². The molecule has 4 unspecified atom stereocenters. The van der Waals surface area contributed by atoms with Gasteiger partial charge in [0.2, 0.25) is 0 Å². The maximum absolute atomic E-state index is 10.9. The Labute approximate surface area is 105 Å². The van der Waals surface area contributed by atoms with Crippen LogP contribution in [0.3, 0.4) is 0 Å². The predicted molar refractivity (Wildman–Crippen MR) is 68.9 cm³/mol. The summed E-state index contributed by atoms with van der Waals surface area (Å²) in [4.78, 5) is 2.54. The first-order chi connectivity index (χ1) is 8.08. The van der Waals surface area contributed by atoms with Crippen LogP contribution in [0.2, 0.25) is 0 Å². The van der Waals surface area contributed by atoms with Crippen LogP contribution in [0, 0.1) is 5.92 Å². The second kappa shape index (κ2) is 4.22. The van der Waals surface area contributed by atoms with Crippen molar-refractivity contribution in [2.45, 2.75) is 69.7 Å². The molecule has 4 atom stereocenters. The first-order valence-corrected chi connectivity index (χ1v) is 7.30. The molecule has 3 nitrogen and oxygen atoms in total. The van der Waals surface area contributed by atoms with Gasteiger partial charge in [0.05, 0.1) is 5.60 Å². The maximum atomic E-state index is 10.9. The topological polar surface area (TPSA) is 35.5 Å². The van der Waals surface area contributed by atoms with Gasteiger partial charge in [-0.15, -0.1) is 0 Å². The van der Waals surface area contributed by atoms with E-state index >= 15 is 0 Å². The molecule has 1 aliphatic carbocycles. The van der Waals surface area contributed by atoms with Gasteiger partial charge in [-0.3, -0.25) is 4.90 Å². The van der Waals surface area contributed by atoms with Crippen molar-refractivity contribution in [2.75, 3.05) is 13.1 Å². The van der Waals surface area contributed by atoms with Gasteiger partial charge in [-0.25, -0.2) is 0 Å². The Morgan fingerprint density at radius 3 is 2.65 bits per heavy atom. The largest absolute Gasteiger partial charge is 0.387 e. The minimum Gasteiger partial charge on any atom is -0.387 e. The van der Waals surface area contributed by atoms with Gasteiger partial charge >= 0.3 is 0 Å². The van der Waals surface area contributed by atoms with Gasteiger partial charge in [0.15, 0.2) is 0 Å². The highest BCUT2D eigenvalue weighted by Crippen LogP contribution is 2.40. The van der Waals surface area contributed by atoms with Crippen molar-refractivity contribution in [3.8, 4) is 0 Å². The number of rotatable bonds is 2. The van der Waals surface area contributed by atoms with E-state index in [0.717, 1.165) is 37.9 Å². The minimum atomic E-state index is -0.476. The third-order valence-electron chi connectivity index (χ3n) is 5.00. The van der Waals surface area contributed by atoms with Crippen molar-refractivity contribution in [2.24, 2.45) is 5.92 Å². The zero-order chi connectivity index (χ0) is 12.0. The van der Waals surface area contributed by atoms with Crippen molar-refractivity contribution < 1.29 is 5.11 Å². The van der Waals surface area contributed by atoms with Gasteiger partial charge < -0.3 is 10.4 Å². The summed E-state index contributed by atoms with van der Waals surface area (Å²) in [5.41, 5.74) is -0.476. The first-order valence-electron chi connectivity index (χ1n) is 7.30. The molecule has 0 spiro atoms.